The molecular formula is C22H13Br3N2O. The fourth-order valence-corrected chi connectivity index (χ4v) is 4.03. The van der Waals surface area contributed by atoms with Crippen molar-refractivity contribution in [3.63, 3.8) is 0 Å². The summed E-state index contributed by atoms with van der Waals surface area (Å²) in [4.78, 5) is 19.6. The van der Waals surface area contributed by atoms with Crippen molar-refractivity contribution < 1.29 is 4.79 Å². The number of carbonyl (C=O) groups is 1. The van der Waals surface area contributed by atoms with Gasteiger partial charge in [0.1, 0.15) is 11.5 Å². The molecule has 6 heteroatoms. The molecular weight excluding hydrogens is 548 g/mol. The lowest BCUT2D eigenvalue weighted by Gasteiger charge is -2.19. The third kappa shape index (κ3) is 3.90. The monoisotopic (exact) mass is 558 g/mol. The Morgan fingerprint density at radius 2 is 1.57 bits per heavy atom. The van der Waals surface area contributed by atoms with Gasteiger partial charge in [0.05, 0.1) is 5.69 Å². The normalized spacial score (nSPS) is 15.2. The lowest BCUT2D eigenvalue weighted by Crippen LogP contribution is -2.32. The van der Waals surface area contributed by atoms with Gasteiger partial charge in [0.25, 0.3) is 5.91 Å². The summed E-state index contributed by atoms with van der Waals surface area (Å²) in [6, 6.07) is 23.2. The van der Waals surface area contributed by atoms with Gasteiger partial charge in [-0.1, -0.05) is 84.2 Å². The van der Waals surface area contributed by atoms with Crippen molar-refractivity contribution in [1.29, 1.82) is 0 Å². The predicted molar refractivity (Wildman–Crippen MR) is 124 cm³/mol. The molecule has 0 unspecified atom stereocenters. The number of rotatable bonds is 3. The van der Waals surface area contributed by atoms with Crippen LogP contribution in [0.25, 0.3) is 6.08 Å². The number of hydrogen-bond acceptors (Lipinski definition) is 2. The van der Waals surface area contributed by atoms with E-state index in [0.29, 0.717) is 11.5 Å². The molecule has 4 rings (SSSR count). The maximum absolute atomic E-state index is 13.3. The molecule has 28 heavy (non-hydrogen) atoms. The summed E-state index contributed by atoms with van der Waals surface area (Å²) in [5.74, 6) is 0.436. The topological polar surface area (TPSA) is 32.7 Å². The van der Waals surface area contributed by atoms with Gasteiger partial charge in [0, 0.05) is 19.0 Å². The van der Waals surface area contributed by atoms with Crippen LogP contribution in [-0.4, -0.2) is 11.7 Å². The van der Waals surface area contributed by atoms with Crippen molar-refractivity contribution in [2.45, 2.75) is 0 Å². The maximum Gasteiger partial charge on any atom is 0.282 e. The summed E-state index contributed by atoms with van der Waals surface area (Å²) in [5.41, 5.74) is 2.93. The molecule has 0 saturated heterocycles. The molecule has 1 aliphatic rings. The Morgan fingerprint density at radius 1 is 0.821 bits per heavy atom. The average molecular weight is 561 g/mol. The Morgan fingerprint density at radius 3 is 2.29 bits per heavy atom. The predicted octanol–water partition coefficient (Wildman–Crippen LogP) is 6.81. The average Bonchev–Trinajstić information content (AvgIpc) is 3.00. The fraction of sp³-hybridized carbons (Fsp3) is 0. The van der Waals surface area contributed by atoms with Crippen LogP contribution < -0.4 is 4.90 Å². The van der Waals surface area contributed by atoms with Gasteiger partial charge in [-0.3, -0.25) is 9.69 Å². The molecule has 0 N–H and O–H groups in total. The van der Waals surface area contributed by atoms with Gasteiger partial charge in [0.2, 0.25) is 0 Å². The molecule has 0 saturated carbocycles. The highest BCUT2D eigenvalue weighted by molar-refractivity contribution is 9.11. The van der Waals surface area contributed by atoms with E-state index in [1.54, 1.807) is 4.90 Å². The molecule has 3 aromatic carbocycles. The molecule has 0 bridgehead atoms. The van der Waals surface area contributed by atoms with Crippen LogP contribution >= 0.6 is 47.8 Å². The molecule has 0 radical (unpaired) electrons. The van der Waals surface area contributed by atoms with E-state index < -0.39 is 0 Å². The molecule has 1 aliphatic heterocycles. The molecule has 0 fully saturated rings. The number of aliphatic imine (C=N–C) groups is 1. The van der Waals surface area contributed by atoms with Crippen LogP contribution in [0.3, 0.4) is 0 Å². The van der Waals surface area contributed by atoms with E-state index in [9.17, 15) is 4.79 Å². The fourth-order valence-electron chi connectivity index (χ4n) is 2.91. The van der Waals surface area contributed by atoms with E-state index in [1.165, 1.54) is 0 Å². The second-order valence-corrected chi connectivity index (χ2v) is 8.80. The van der Waals surface area contributed by atoms with Crippen molar-refractivity contribution in [3.05, 3.63) is 103 Å². The number of carbonyl (C=O) groups excluding carboxylic acids is 1. The number of anilines is 1. The molecule has 3 nitrogen and oxygen atoms in total. The molecule has 0 atom stereocenters. The SMILES string of the molecule is O=C1/C(=C\c2ccc(Br)cc2)N=C(c2ccccc2Br)N1c1cccc(Br)c1. The van der Waals surface area contributed by atoms with Crippen LogP contribution in [0.15, 0.2) is 96.9 Å². The van der Waals surface area contributed by atoms with Crippen LogP contribution in [0.2, 0.25) is 0 Å². The molecule has 138 valence electrons. The van der Waals surface area contributed by atoms with Crippen LogP contribution in [0.4, 0.5) is 5.69 Å². The number of amides is 1. The minimum absolute atomic E-state index is 0.160. The maximum atomic E-state index is 13.3. The first-order valence-electron chi connectivity index (χ1n) is 8.44. The Balaban J connectivity index is 1.85. The Bertz CT molecular complexity index is 1120. The smallest absolute Gasteiger partial charge is 0.266 e. The lowest BCUT2D eigenvalue weighted by atomic mass is 10.1. The number of hydrogen-bond donors (Lipinski definition) is 0. The molecule has 3 aromatic rings. The van der Waals surface area contributed by atoms with Gasteiger partial charge < -0.3 is 0 Å². The van der Waals surface area contributed by atoms with E-state index in [-0.39, 0.29) is 5.91 Å². The lowest BCUT2D eigenvalue weighted by molar-refractivity contribution is -0.113. The minimum atomic E-state index is -0.160. The number of benzene rings is 3. The highest BCUT2D eigenvalue weighted by Crippen LogP contribution is 2.31. The van der Waals surface area contributed by atoms with E-state index in [2.05, 4.69) is 47.8 Å². The molecule has 0 aromatic heterocycles. The molecule has 1 heterocycles. The first-order chi connectivity index (χ1) is 13.5. The zero-order chi connectivity index (χ0) is 19.7. The van der Waals surface area contributed by atoms with Crippen molar-refractivity contribution in [2.24, 2.45) is 4.99 Å². The first kappa shape index (κ1) is 19.3. The van der Waals surface area contributed by atoms with E-state index in [4.69, 9.17) is 4.99 Å². The van der Waals surface area contributed by atoms with Crippen molar-refractivity contribution >= 4 is 71.3 Å². The summed E-state index contributed by atoms with van der Waals surface area (Å²) in [5, 5.41) is 0. The molecule has 0 aliphatic carbocycles. The summed E-state index contributed by atoms with van der Waals surface area (Å²) in [6.07, 6.45) is 1.81. The third-order valence-corrected chi connectivity index (χ3v) is 5.93. The van der Waals surface area contributed by atoms with Crippen LogP contribution in [0.5, 0.6) is 0 Å². The van der Waals surface area contributed by atoms with Gasteiger partial charge in [0.15, 0.2) is 0 Å². The van der Waals surface area contributed by atoms with E-state index >= 15 is 0 Å². The second kappa shape index (κ2) is 8.15. The first-order valence-corrected chi connectivity index (χ1v) is 10.8. The van der Waals surface area contributed by atoms with Gasteiger partial charge in [-0.15, -0.1) is 0 Å². The summed E-state index contributed by atoms with van der Waals surface area (Å²) >= 11 is 10.5. The van der Waals surface area contributed by atoms with Crippen molar-refractivity contribution in [3.8, 4) is 0 Å². The highest BCUT2D eigenvalue weighted by Gasteiger charge is 2.33. The summed E-state index contributed by atoms with van der Waals surface area (Å²) < 4.78 is 2.77. The highest BCUT2D eigenvalue weighted by atomic mass is 79.9. The van der Waals surface area contributed by atoms with Crippen LogP contribution in [-0.2, 0) is 4.79 Å². The summed E-state index contributed by atoms with van der Waals surface area (Å²) in [6.45, 7) is 0. The Kier molecular flexibility index (Phi) is 5.62. The van der Waals surface area contributed by atoms with Crippen molar-refractivity contribution in [2.75, 3.05) is 4.90 Å². The Hall–Kier alpha value is -2.02. The molecule has 0 spiro atoms. The van der Waals surface area contributed by atoms with Gasteiger partial charge >= 0.3 is 0 Å². The third-order valence-electron chi connectivity index (χ3n) is 4.21. The largest absolute Gasteiger partial charge is 0.282 e. The van der Waals surface area contributed by atoms with Gasteiger partial charge in [-0.2, -0.15) is 0 Å². The number of halogens is 3. The van der Waals surface area contributed by atoms with Crippen LogP contribution in [0.1, 0.15) is 11.1 Å². The summed E-state index contributed by atoms with van der Waals surface area (Å²) in [7, 11) is 0. The minimum Gasteiger partial charge on any atom is -0.266 e. The quantitative estimate of drug-likeness (QED) is 0.324. The Labute approximate surface area is 188 Å². The van der Waals surface area contributed by atoms with Gasteiger partial charge in [-0.05, 0) is 48.0 Å². The number of amidine groups is 1. The van der Waals surface area contributed by atoms with Crippen LogP contribution in [0, 0.1) is 0 Å². The zero-order valence-electron chi connectivity index (χ0n) is 14.4. The van der Waals surface area contributed by atoms with Crippen molar-refractivity contribution in [1.82, 2.24) is 0 Å². The number of nitrogens with zero attached hydrogens (tertiary/aromatic N) is 2. The molecule has 1 amide bonds. The zero-order valence-corrected chi connectivity index (χ0v) is 19.2. The standard InChI is InChI=1S/C22H13Br3N2O/c23-15-10-8-14(9-11-15)12-20-22(28)27(17-5-3-4-16(24)13-17)21(26-20)18-6-1-2-7-19(18)25/h1-13H/b20-12+. The van der Waals surface area contributed by atoms with Gasteiger partial charge in [-0.25, -0.2) is 4.99 Å². The second-order valence-electron chi connectivity index (χ2n) is 6.12. The van der Waals surface area contributed by atoms with E-state index in [1.807, 2.05) is 78.9 Å². The van der Waals surface area contributed by atoms with E-state index in [0.717, 1.165) is 30.2 Å².